The molecule has 0 bridgehead atoms. The standard InChI is InChI=1S/C17H15ClN2/c18-14-8-9-17(16(19)10-14)20-11-13-6-3-5-12-4-1-2-7-15(12)13/h1-10,20H,11,19H2. The number of benzene rings is 3. The average Bonchev–Trinajstić information content (AvgIpc) is 2.46. The molecule has 0 unspecified atom stereocenters. The van der Waals surface area contributed by atoms with E-state index in [1.54, 1.807) is 6.07 Å². The van der Waals surface area contributed by atoms with Crippen LogP contribution in [0.2, 0.25) is 5.02 Å². The largest absolute Gasteiger partial charge is 0.397 e. The number of fused-ring (bicyclic) bond motifs is 1. The van der Waals surface area contributed by atoms with Crippen LogP contribution in [0.3, 0.4) is 0 Å². The summed E-state index contributed by atoms with van der Waals surface area (Å²) < 4.78 is 0. The van der Waals surface area contributed by atoms with Gasteiger partial charge in [-0.1, -0.05) is 54.1 Å². The Bertz CT molecular complexity index is 748. The molecule has 20 heavy (non-hydrogen) atoms. The van der Waals surface area contributed by atoms with Gasteiger partial charge in [0.15, 0.2) is 0 Å². The lowest BCUT2D eigenvalue weighted by Gasteiger charge is -2.11. The number of anilines is 2. The summed E-state index contributed by atoms with van der Waals surface area (Å²) in [7, 11) is 0. The Kier molecular flexibility index (Phi) is 3.48. The predicted octanol–water partition coefficient (Wildman–Crippen LogP) is 4.69. The number of halogens is 1. The molecular formula is C17H15ClN2. The van der Waals surface area contributed by atoms with Gasteiger partial charge in [0.2, 0.25) is 0 Å². The Morgan fingerprint density at radius 1 is 0.950 bits per heavy atom. The van der Waals surface area contributed by atoms with Crippen molar-refractivity contribution in [2.45, 2.75) is 6.54 Å². The molecule has 2 nitrogen and oxygen atoms in total. The van der Waals surface area contributed by atoms with Crippen LogP contribution >= 0.6 is 11.6 Å². The van der Waals surface area contributed by atoms with E-state index in [1.807, 2.05) is 12.1 Å². The Morgan fingerprint density at radius 2 is 1.75 bits per heavy atom. The zero-order valence-electron chi connectivity index (χ0n) is 10.9. The first-order valence-corrected chi connectivity index (χ1v) is 6.87. The minimum atomic E-state index is 0.651. The molecule has 0 fully saturated rings. The first-order chi connectivity index (χ1) is 9.74. The van der Waals surface area contributed by atoms with Crippen molar-refractivity contribution < 1.29 is 0 Å². The molecule has 100 valence electrons. The van der Waals surface area contributed by atoms with Gasteiger partial charge in [0.1, 0.15) is 0 Å². The molecule has 0 heterocycles. The molecule has 0 aliphatic heterocycles. The zero-order valence-corrected chi connectivity index (χ0v) is 11.7. The van der Waals surface area contributed by atoms with Crippen LogP contribution in [0.25, 0.3) is 10.8 Å². The molecule has 0 radical (unpaired) electrons. The summed E-state index contributed by atoms with van der Waals surface area (Å²) in [6.45, 7) is 0.729. The van der Waals surface area contributed by atoms with E-state index in [4.69, 9.17) is 17.3 Å². The van der Waals surface area contributed by atoms with Crippen LogP contribution in [0, 0.1) is 0 Å². The Labute approximate surface area is 123 Å². The number of nitrogen functional groups attached to an aromatic ring is 1. The Morgan fingerprint density at radius 3 is 2.60 bits per heavy atom. The highest BCUT2D eigenvalue weighted by Gasteiger charge is 2.02. The van der Waals surface area contributed by atoms with Gasteiger partial charge in [-0.2, -0.15) is 0 Å². The van der Waals surface area contributed by atoms with E-state index in [2.05, 4.69) is 47.8 Å². The van der Waals surface area contributed by atoms with Crippen molar-refractivity contribution in [2.24, 2.45) is 0 Å². The second kappa shape index (κ2) is 5.43. The highest BCUT2D eigenvalue weighted by molar-refractivity contribution is 6.31. The maximum atomic E-state index is 5.95. The fourth-order valence-electron chi connectivity index (χ4n) is 2.33. The molecule has 0 aliphatic carbocycles. The van der Waals surface area contributed by atoms with E-state index < -0.39 is 0 Å². The first kappa shape index (κ1) is 12.8. The molecule has 3 aromatic carbocycles. The third-order valence-electron chi connectivity index (χ3n) is 3.36. The quantitative estimate of drug-likeness (QED) is 0.684. The van der Waals surface area contributed by atoms with E-state index in [-0.39, 0.29) is 0 Å². The lowest BCUT2D eigenvalue weighted by Crippen LogP contribution is -2.02. The highest BCUT2D eigenvalue weighted by atomic mass is 35.5. The lowest BCUT2D eigenvalue weighted by atomic mass is 10.0. The summed E-state index contributed by atoms with van der Waals surface area (Å²) in [6.07, 6.45) is 0. The van der Waals surface area contributed by atoms with Crippen molar-refractivity contribution in [3.8, 4) is 0 Å². The van der Waals surface area contributed by atoms with Crippen molar-refractivity contribution in [3.63, 3.8) is 0 Å². The molecule has 0 spiro atoms. The van der Waals surface area contributed by atoms with Crippen LogP contribution < -0.4 is 11.1 Å². The van der Waals surface area contributed by atoms with E-state index in [0.717, 1.165) is 12.2 Å². The van der Waals surface area contributed by atoms with Crippen molar-refractivity contribution >= 4 is 33.7 Å². The van der Waals surface area contributed by atoms with E-state index >= 15 is 0 Å². The third-order valence-corrected chi connectivity index (χ3v) is 3.60. The summed E-state index contributed by atoms with van der Waals surface area (Å²) >= 11 is 5.90. The molecule has 0 aromatic heterocycles. The van der Waals surface area contributed by atoms with Gasteiger partial charge in [0.25, 0.3) is 0 Å². The summed E-state index contributed by atoms with van der Waals surface area (Å²) in [5.41, 5.74) is 8.77. The molecule has 0 saturated carbocycles. The van der Waals surface area contributed by atoms with E-state index in [0.29, 0.717) is 10.7 Å². The topological polar surface area (TPSA) is 38.0 Å². The Balaban J connectivity index is 1.87. The molecular weight excluding hydrogens is 268 g/mol. The van der Waals surface area contributed by atoms with Crippen molar-refractivity contribution in [2.75, 3.05) is 11.1 Å². The first-order valence-electron chi connectivity index (χ1n) is 6.49. The third kappa shape index (κ3) is 2.56. The zero-order chi connectivity index (χ0) is 13.9. The average molecular weight is 283 g/mol. The number of nitrogens with one attached hydrogen (secondary N) is 1. The minimum Gasteiger partial charge on any atom is -0.397 e. The van der Waals surface area contributed by atoms with Gasteiger partial charge in [-0.15, -0.1) is 0 Å². The van der Waals surface area contributed by atoms with Crippen molar-refractivity contribution in [1.29, 1.82) is 0 Å². The molecule has 3 heteroatoms. The van der Waals surface area contributed by atoms with Crippen molar-refractivity contribution in [1.82, 2.24) is 0 Å². The maximum absolute atomic E-state index is 5.95. The second-order valence-corrected chi connectivity index (χ2v) is 5.16. The van der Waals surface area contributed by atoms with Gasteiger partial charge in [0, 0.05) is 11.6 Å². The number of hydrogen-bond donors (Lipinski definition) is 2. The van der Waals surface area contributed by atoms with Crippen LogP contribution in [0.1, 0.15) is 5.56 Å². The van der Waals surface area contributed by atoms with Crippen LogP contribution in [0.5, 0.6) is 0 Å². The van der Waals surface area contributed by atoms with Gasteiger partial charge in [0.05, 0.1) is 11.4 Å². The molecule has 0 amide bonds. The van der Waals surface area contributed by atoms with Gasteiger partial charge < -0.3 is 11.1 Å². The van der Waals surface area contributed by atoms with Crippen LogP contribution in [-0.2, 0) is 6.54 Å². The van der Waals surface area contributed by atoms with Gasteiger partial charge in [-0.05, 0) is 34.5 Å². The summed E-state index contributed by atoms with van der Waals surface area (Å²) in [5.74, 6) is 0. The molecule has 3 rings (SSSR count). The van der Waals surface area contributed by atoms with Crippen LogP contribution in [-0.4, -0.2) is 0 Å². The number of nitrogens with two attached hydrogens (primary N) is 1. The van der Waals surface area contributed by atoms with Crippen LogP contribution in [0.4, 0.5) is 11.4 Å². The molecule has 3 N–H and O–H groups in total. The summed E-state index contributed by atoms with van der Waals surface area (Å²) in [4.78, 5) is 0. The summed E-state index contributed by atoms with van der Waals surface area (Å²) in [6, 6.07) is 20.2. The predicted molar refractivity (Wildman–Crippen MR) is 87.1 cm³/mol. The van der Waals surface area contributed by atoms with E-state index in [1.165, 1.54) is 16.3 Å². The fraction of sp³-hybridized carbons (Fsp3) is 0.0588. The molecule has 0 aliphatic rings. The van der Waals surface area contributed by atoms with Gasteiger partial charge in [-0.3, -0.25) is 0 Å². The SMILES string of the molecule is Nc1cc(Cl)ccc1NCc1cccc2ccccc12. The molecule has 0 saturated heterocycles. The number of hydrogen-bond acceptors (Lipinski definition) is 2. The minimum absolute atomic E-state index is 0.651. The van der Waals surface area contributed by atoms with E-state index in [9.17, 15) is 0 Å². The molecule has 3 aromatic rings. The van der Waals surface area contributed by atoms with Crippen molar-refractivity contribution in [3.05, 3.63) is 71.2 Å². The molecule has 0 atom stereocenters. The summed E-state index contributed by atoms with van der Waals surface area (Å²) in [5, 5.41) is 6.52. The lowest BCUT2D eigenvalue weighted by molar-refractivity contribution is 1.17. The van der Waals surface area contributed by atoms with Gasteiger partial charge in [-0.25, -0.2) is 0 Å². The van der Waals surface area contributed by atoms with Crippen LogP contribution in [0.15, 0.2) is 60.7 Å². The van der Waals surface area contributed by atoms with Gasteiger partial charge >= 0.3 is 0 Å². The Hall–Kier alpha value is -2.19. The normalized spacial score (nSPS) is 10.7. The highest BCUT2D eigenvalue weighted by Crippen LogP contribution is 2.24. The second-order valence-electron chi connectivity index (χ2n) is 4.72. The fourth-order valence-corrected chi connectivity index (χ4v) is 2.51. The number of rotatable bonds is 3. The smallest absolute Gasteiger partial charge is 0.0577 e. The maximum Gasteiger partial charge on any atom is 0.0577 e. The monoisotopic (exact) mass is 282 g/mol.